The van der Waals surface area contributed by atoms with Gasteiger partial charge in [-0.1, -0.05) is 0 Å². The maximum Gasteiger partial charge on any atom is 0.251 e. The van der Waals surface area contributed by atoms with Gasteiger partial charge in [0.1, 0.15) is 0 Å². The first-order valence-electron chi connectivity index (χ1n) is 5.63. The van der Waals surface area contributed by atoms with Gasteiger partial charge >= 0.3 is 0 Å². The minimum atomic E-state index is -0.147. The molecule has 16 heavy (non-hydrogen) atoms. The van der Waals surface area contributed by atoms with Crippen molar-refractivity contribution in [2.75, 3.05) is 13.2 Å². The van der Waals surface area contributed by atoms with E-state index in [2.05, 4.69) is 4.98 Å². The van der Waals surface area contributed by atoms with E-state index >= 15 is 0 Å². The molecule has 0 amide bonds. The zero-order valence-corrected chi connectivity index (χ0v) is 9.96. The van der Waals surface area contributed by atoms with Crippen LogP contribution >= 0.6 is 12.2 Å². The van der Waals surface area contributed by atoms with Crippen LogP contribution in [0.4, 0.5) is 0 Å². The van der Waals surface area contributed by atoms with E-state index < -0.39 is 0 Å². The van der Waals surface area contributed by atoms with Gasteiger partial charge in [-0.05, 0) is 37.4 Å². The molecule has 0 aliphatic heterocycles. The molecular formula is C11H16N2O2S. The Hall–Kier alpha value is -0.940. The molecule has 1 aromatic heterocycles. The standard InChI is InChI=1S/C11H16N2O2S/c14-10-4-6-13(11(16)12-10)5-1-7-15-8-9-2-3-9/h4,6,9H,1-3,5,7-8H2,(H,12,14,16). The van der Waals surface area contributed by atoms with E-state index in [1.807, 2.05) is 4.57 Å². The van der Waals surface area contributed by atoms with E-state index in [-0.39, 0.29) is 5.56 Å². The molecule has 1 fully saturated rings. The van der Waals surface area contributed by atoms with Crippen molar-refractivity contribution in [2.24, 2.45) is 5.92 Å². The molecule has 0 aromatic carbocycles. The predicted octanol–water partition coefficient (Wildman–Crippen LogP) is 1.72. The Bertz CT molecular complexity index is 448. The molecule has 0 spiro atoms. The van der Waals surface area contributed by atoms with Gasteiger partial charge < -0.3 is 9.30 Å². The second kappa shape index (κ2) is 5.41. The summed E-state index contributed by atoms with van der Waals surface area (Å²) >= 11 is 5.04. The van der Waals surface area contributed by atoms with Crippen LogP contribution in [-0.2, 0) is 11.3 Å². The molecule has 2 rings (SSSR count). The van der Waals surface area contributed by atoms with Crippen molar-refractivity contribution in [1.29, 1.82) is 0 Å². The Morgan fingerprint density at radius 3 is 3.06 bits per heavy atom. The van der Waals surface area contributed by atoms with Crippen molar-refractivity contribution < 1.29 is 4.74 Å². The molecule has 0 saturated heterocycles. The average molecular weight is 240 g/mol. The van der Waals surface area contributed by atoms with Gasteiger partial charge in [0.25, 0.3) is 5.56 Å². The third-order valence-corrected chi connectivity index (χ3v) is 2.97. The highest BCUT2D eigenvalue weighted by molar-refractivity contribution is 7.71. The summed E-state index contributed by atoms with van der Waals surface area (Å²) in [4.78, 5) is 13.5. The van der Waals surface area contributed by atoms with Crippen molar-refractivity contribution in [3.05, 3.63) is 27.4 Å². The summed E-state index contributed by atoms with van der Waals surface area (Å²) in [5, 5.41) is 0. The quantitative estimate of drug-likeness (QED) is 0.608. The molecule has 1 N–H and O–H groups in total. The van der Waals surface area contributed by atoms with Crippen LogP contribution in [0.15, 0.2) is 17.1 Å². The van der Waals surface area contributed by atoms with Crippen LogP contribution in [0.5, 0.6) is 0 Å². The van der Waals surface area contributed by atoms with Gasteiger partial charge in [0.15, 0.2) is 4.77 Å². The van der Waals surface area contributed by atoms with E-state index in [0.717, 1.165) is 32.1 Å². The Kier molecular flexibility index (Phi) is 3.90. The highest BCUT2D eigenvalue weighted by Gasteiger charge is 2.20. The van der Waals surface area contributed by atoms with Crippen LogP contribution in [0.3, 0.4) is 0 Å². The van der Waals surface area contributed by atoms with E-state index in [1.165, 1.54) is 18.9 Å². The SMILES string of the molecule is O=c1ccn(CCCOCC2CC2)c(=S)[nH]1. The third kappa shape index (κ3) is 3.57. The van der Waals surface area contributed by atoms with Gasteiger partial charge in [0, 0.05) is 32.0 Å². The second-order valence-corrected chi connectivity index (χ2v) is 4.56. The summed E-state index contributed by atoms with van der Waals surface area (Å²) in [6, 6.07) is 1.49. The van der Waals surface area contributed by atoms with Crippen LogP contribution in [0.1, 0.15) is 19.3 Å². The summed E-state index contributed by atoms with van der Waals surface area (Å²) in [6.45, 7) is 2.45. The smallest absolute Gasteiger partial charge is 0.251 e. The lowest BCUT2D eigenvalue weighted by Gasteiger charge is -2.06. The van der Waals surface area contributed by atoms with Crippen molar-refractivity contribution >= 4 is 12.2 Å². The van der Waals surface area contributed by atoms with Gasteiger partial charge in [0.2, 0.25) is 0 Å². The topological polar surface area (TPSA) is 47.0 Å². The maximum atomic E-state index is 10.9. The average Bonchev–Trinajstić information content (AvgIpc) is 3.04. The first kappa shape index (κ1) is 11.5. The normalized spacial score (nSPS) is 15.2. The Labute approximate surface area is 99.3 Å². The molecule has 88 valence electrons. The zero-order chi connectivity index (χ0) is 11.4. The minimum absolute atomic E-state index is 0.147. The van der Waals surface area contributed by atoms with Crippen LogP contribution in [0.2, 0.25) is 0 Å². The summed E-state index contributed by atoms with van der Waals surface area (Å²) in [5.41, 5.74) is -0.147. The minimum Gasteiger partial charge on any atom is -0.381 e. The molecule has 1 aliphatic rings. The fourth-order valence-corrected chi connectivity index (χ4v) is 1.74. The maximum absolute atomic E-state index is 10.9. The fourth-order valence-electron chi connectivity index (χ4n) is 1.49. The molecule has 1 heterocycles. The molecule has 1 aliphatic carbocycles. The number of nitrogens with one attached hydrogen (secondary N) is 1. The van der Waals surface area contributed by atoms with E-state index in [9.17, 15) is 4.79 Å². The number of hydrogen-bond acceptors (Lipinski definition) is 3. The van der Waals surface area contributed by atoms with Gasteiger partial charge in [-0.2, -0.15) is 0 Å². The number of rotatable bonds is 6. The molecule has 0 atom stereocenters. The predicted molar refractivity (Wildman–Crippen MR) is 64.0 cm³/mol. The number of aryl methyl sites for hydroxylation is 1. The number of aromatic nitrogens is 2. The number of H-pyrrole nitrogens is 1. The lowest BCUT2D eigenvalue weighted by Crippen LogP contribution is -2.12. The summed E-state index contributed by atoms with van der Waals surface area (Å²) in [5.74, 6) is 0.815. The van der Waals surface area contributed by atoms with Crippen LogP contribution in [0, 0.1) is 10.7 Å². The van der Waals surface area contributed by atoms with E-state index in [0.29, 0.717) is 4.77 Å². The second-order valence-electron chi connectivity index (χ2n) is 4.18. The molecule has 0 unspecified atom stereocenters. The van der Waals surface area contributed by atoms with Crippen molar-refractivity contribution in [2.45, 2.75) is 25.8 Å². The summed E-state index contributed by atoms with van der Waals surface area (Å²) in [7, 11) is 0. The molecule has 0 bridgehead atoms. The Morgan fingerprint density at radius 1 is 1.56 bits per heavy atom. The van der Waals surface area contributed by atoms with Gasteiger partial charge in [-0.25, -0.2) is 0 Å². The molecule has 1 aromatic rings. The van der Waals surface area contributed by atoms with Crippen molar-refractivity contribution in [3.63, 3.8) is 0 Å². The molecule has 4 nitrogen and oxygen atoms in total. The number of hydrogen-bond donors (Lipinski definition) is 1. The van der Waals surface area contributed by atoms with Crippen molar-refractivity contribution in [1.82, 2.24) is 9.55 Å². The fraction of sp³-hybridized carbons (Fsp3) is 0.636. The Balaban J connectivity index is 1.71. The van der Waals surface area contributed by atoms with Crippen LogP contribution in [-0.4, -0.2) is 22.8 Å². The summed E-state index contributed by atoms with van der Waals surface area (Å²) in [6.07, 6.45) is 5.30. The highest BCUT2D eigenvalue weighted by atomic mass is 32.1. The number of nitrogens with zero attached hydrogens (tertiary/aromatic N) is 1. The lowest BCUT2D eigenvalue weighted by atomic mass is 10.4. The summed E-state index contributed by atoms with van der Waals surface area (Å²) < 4.78 is 7.86. The molecule has 5 heteroatoms. The number of ether oxygens (including phenoxy) is 1. The van der Waals surface area contributed by atoms with Crippen molar-refractivity contribution in [3.8, 4) is 0 Å². The third-order valence-electron chi connectivity index (χ3n) is 2.64. The lowest BCUT2D eigenvalue weighted by molar-refractivity contribution is 0.119. The van der Waals surface area contributed by atoms with Gasteiger partial charge in [-0.15, -0.1) is 0 Å². The molecule has 1 saturated carbocycles. The molecular weight excluding hydrogens is 224 g/mol. The molecule has 0 radical (unpaired) electrons. The van der Waals surface area contributed by atoms with Gasteiger partial charge in [-0.3, -0.25) is 9.78 Å². The van der Waals surface area contributed by atoms with E-state index in [1.54, 1.807) is 6.20 Å². The first-order chi connectivity index (χ1) is 7.75. The Morgan fingerprint density at radius 2 is 2.38 bits per heavy atom. The van der Waals surface area contributed by atoms with Gasteiger partial charge in [0.05, 0.1) is 0 Å². The highest BCUT2D eigenvalue weighted by Crippen LogP contribution is 2.28. The largest absolute Gasteiger partial charge is 0.381 e. The van der Waals surface area contributed by atoms with Crippen LogP contribution in [0.25, 0.3) is 0 Å². The van der Waals surface area contributed by atoms with E-state index in [4.69, 9.17) is 17.0 Å². The first-order valence-corrected chi connectivity index (χ1v) is 6.04. The monoisotopic (exact) mass is 240 g/mol. The zero-order valence-electron chi connectivity index (χ0n) is 9.15. The number of aromatic amines is 1. The van der Waals surface area contributed by atoms with Crippen LogP contribution < -0.4 is 5.56 Å².